The van der Waals surface area contributed by atoms with Gasteiger partial charge in [-0.25, -0.2) is 0 Å². The third-order valence-corrected chi connectivity index (χ3v) is 8.70. The SMILES string of the molecule is CCCCCCCCCCCCCC(=O)OC[C@H](COC(=O)CCNC(=O)C1CC1)OC(=O)CCCCCCCCCCCCC. The van der Waals surface area contributed by atoms with Crippen LogP contribution in [0.3, 0.4) is 0 Å². The number of esters is 3. The van der Waals surface area contributed by atoms with Gasteiger partial charge in [-0.1, -0.05) is 142 Å². The van der Waals surface area contributed by atoms with Gasteiger partial charge in [-0.05, 0) is 25.7 Å². The summed E-state index contributed by atoms with van der Waals surface area (Å²) in [5.41, 5.74) is 0. The Hall–Kier alpha value is -2.12. The van der Waals surface area contributed by atoms with E-state index in [1.165, 1.54) is 103 Å². The van der Waals surface area contributed by atoms with E-state index in [1.54, 1.807) is 0 Å². The second-order valence-corrected chi connectivity index (χ2v) is 13.4. The van der Waals surface area contributed by atoms with E-state index in [2.05, 4.69) is 19.2 Å². The molecule has 0 aromatic rings. The van der Waals surface area contributed by atoms with Gasteiger partial charge in [-0.3, -0.25) is 19.2 Å². The molecular weight excluding hydrogens is 582 g/mol. The molecule has 1 aliphatic carbocycles. The fourth-order valence-electron chi connectivity index (χ4n) is 5.52. The molecule has 1 aliphatic rings. The lowest BCUT2D eigenvalue weighted by Crippen LogP contribution is -2.32. The number of amides is 1. The van der Waals surface area contributed by atoms with Crippen molar-refractivity contribution < 1.29 is 33.4 Å². The molecule has 0 saturated heterocycles. The molecule has 8 nitrogen and oxygen atoms in total. The maximum atomic E-state index is 12.6. The highest BCUT2D eigenvalue weighted by Crippen LogP contribution is 2.28. The molecule has 1 rings (SSSR count). The molecule has 0 radical (unpaired) electrons. The number of hydrogen-bond donors (Lipinski definition) is 1. The molecule has 46 heavy (non-hydrogen) atoms. The van der Waals surface area contributed by atoms with Gasteiger partial charge < -0.3 is 19.5 Å². The minimum absolute atomic E-state index is 0.0215. The molecule has 0 heterocycles. The first-order valence-electron chi connectivity index (χ1n) is 19.2. The average molecular weight is 652 g/mol. The molecule has 0 unspecified atom stereocenters. The van der Waals surface area contributed by atoms with Gasteiger partial charge in [0.15, 0.2) is 6.10 Å². The van der Waals surface area contributed by atoms with Crippen LogP contribution in [0.25, 0.3) is 0 Å². The summed E-state index contributed by atoms with van der Waals surface area (Å²) in [7, 11) is 0. The maximum Gasteiger partial charge on any atom is 0.307 e. The Labute approximate surface area is 281 Å². The smallest absolute Gasteiger partial charge is 0.307 e. The molecule has 1 atom stereocenters. The summed E-state index contributed by atoms with van der Waals surface area (Å²) in [6.07, 6.45) is 28.1. The van der Waals surface area contributed by atoms with Crippen LogP contribution in [0, 0.1) is 5.92 Å². The number of rotatable bonds is 33. The summed E-state index contributed by atoms with van der Waals surface area (Å²) in [4.78, 5) is 48.9. The monoisotopic (exact) mass is 652 g/mol. The zero-order chi connectivity index (χ0) is 33.5. The fourth-order valence-corrected chi connectivity index (χ4v) is 5.52. The van der Waals surface area contributed by atoms with Crippen LogP contribution in [0.1, 0.15) is 187 Å². The van der Waals surface area contributed by atoms with E-state index < -0.39 is 12.1 Å². The number of carbonyl (C=O) groups excluding carboxylic acids is 4. The van der Waals surface area contributed by atoms with Gasteiger partial charge in [0.1, 0.15) is 13.2 Å². The molecule has 1 fully saturated rings. The zero-order valence-corrected chi connectivity index (χ0v) is 29.7. The van der Waals surface area contributed by atoms with Crippen LogP contribution in [0.2, 0.25) is 0 Å². The molecule has 1 saturated carbocycles. The molecule has 1 N–H and O–H groups in total. The van der Waals surface area contributed by atoms with Gasteiger partial charge in [0.25, 0.3) is 0 Å². The molecule has 0 bridgehead atoms. The fraction of sp³-hybridized carbons (Fsp3) is 0.895. The quantitative estimate of drug-likeness (QED) is 0.0428. The van der Waals surface area contributed by atoms with Crippen LogP contribution in [-0.2, 0) is 33.4 Å². The molecule has 1 amide bonds. The second-order valence-electron chi connectivity index (χ2n) is 13.4. The van der Waals surface area contributed by atoms with E-state index in [1.807, 2.05) is 0 Å². The first-order valence-corrected chi connectivity index (χ1v) is 19.2. The lowest BCUT2D eigenvalue weighted by atomic mass is 10.1. The van der Waals surface area contributed by atoms with E-state index in [9.17, 15) is 19.2 Å². The first kappa shape index (κ1) is 41.9. The normalized spacial score (nSPS) is 13.3. The van der Waals surface area contributed by atoms with Crippen LogP contribution < -0.4 is 5.32 Å². The van der Waals surface area contributed by atoms with Crippen molar-refractivity contribution >= 4 is 23.8 Å². The van der Waals surface area contributed by atoms with Crippen molar-refractivity contribution in [1.82, 2.24) is 5.32 Å². The van der Waals surface area contributed by atoms with Crippen molar-refractivity contribution in [3.63, 3.8) is 0 Å². The predicted molar refractivity (Wildman–Crippen MR) is 184 cm³/mol. The van der Waals surface area contributed by atoms with Crippen LogP contribution in [0.15, 0.2) is 0 Å². The topological polar surface area (TPSA) is 108 Å². The lowest BCUT2D eigenvalue weighted by molar-refractivity contribution is -0.166. The lowest BCUT2D eigenvalue weighted by Gasteiger charge is -2.18. The highest BCUT2D eigenvalue weighted by molar-refractivity contribution is 5.81. The largest absolute Gasteiger partial charge is 0.462 e. The van der Waals surface area contributed by atoms with Gasteiger partial charge in [0.05, 0.1) is 6.42 Å². The minimum atomic E-state index is -0.841. The number of unbranched alkanes of at least 4 members (excludes halogenated alkanes) is 20. The zero-order valence-electron chi connectivity index (χ0n) is 29.7. The average Bonchev–Trinajstić information content (AvgIpc) is 3.90. The third-order valence-electron chi connectivity index (χ3n) is 8.70. The van der Waals surface area contributed by atoms with Crippen LogP contribution in [-0.4, -0.2) is 49.7 Å². The summed E-state index contributed by atoms with van der Waals surface area (Å²) in [5.74, 6) is -1.12. The van der Waals surface area contributed by atoms with Crippen molar-refractivity contribution in [2.24, 2.45) is 5.92 Å². The Bertz CT molecular complexity index is 783. The van der Waals surface area contributed by atoms with Gasteiger partial charge >= 0.3 is 17.9 Å². The Balaban J connectivity index is 2.26. The molecule has 0 aromatic heterocycles. The van der Waals surface area contributed by atoms with Gasteiger partial charge in [0, 0.05) is 25.3 Å². The molecule has 8 heteroatoms. The van der Waals surface area contributed by atoms with Gasteiger partial charge in [-0.2, -0.15) is 0 Å². The standard InChI is InChI=1S/C38H69NO7/c1-3-5-7-9-11-13-15-17-19-21-23-25-35(40)44-31-34(32-45-36(41)29-30-39-38(43)33-27-28-33)46-37(42)26-24-22-20-18-16-14-12-10-8-6-4-2/h33-34H,3-32H2,1-2H3,(H,39,43)/t34-/m1/s1. The van der Waals surface area contributed by atoms with Gasteiger partial charge in [-0.15, -0.1) is 0 Å². The highest BCUT2D eigenvalue weighted by atomic mass is 16.6. The van der Waals surface area contributed by atoms with Crippen LogP contribution >= 0.6 is 0 Å². The Morgan fingerprint density at radius 2 is 0.891 bits per heavy atom. The molecule has 0 aliphatic heterocycles. The van der Waals surface area contributed by atoms with E-state index in [-0.39, 0.29) is 49.9 Å². The summed E-state index contributed by atoms with van der Waals surface area (Å²) in [6.45, 7) is 4.38. The van der Waals surface area contributed by atoms with Gasteiger partial charge in [0.2, 0.25) is 5.91 Å². The molecular formula is C38H69NO7. The predicted octanol–water partition coefficient (Wildman–Crippen LogP) is 9.30. The van der Waals surface area contributed by atoms with Crippen LogP contribution in [0.5, 0.6) is 0 Å². The van der Waals surface area contributed by atoms with Crippen molar-refractivity contribution in [3.8, 4) is 0 Å². The summed E-state index contributed by atoms with van der Waals surface area (Å²) in [5, 5.41) is 2.74. The number of ether oxygens (including phenoxy) is 3. The first-order chi connectivity index (χ1) is 22.5. The van der Waals surface area contributed by atoms with E-state index in [0.29, 0.717) is 12.8 Å². The van der Waals surface area contributed by atoms with E-state index in [4.69, 9.17) is 14.2 Å². The van der Waals surface area contributed by atoms with Crippen molar-refractivity contribution in [1.29, 1.82) is 0 Å². The van der Waals surface area contributed by atoms with Crippen molar-refractivity contribution in [2.45, 2.75) is 193 Å². The van der Waals surface area contributed by atoms with Crippen LogP contribution in [0.4, 0.5) is 0 Å². The summed E-state index contributed by atoms with van der Waals surface area (Å²) >= 11 is 0. The highest BCUT2D eigenvalue weighted by Gasteiger charge is 2.29. The Morgan fingerprint density at radius 3 is 1.30 bits per heavy atom. The Kier molecular flexibility index (Phi) is 27.5. The molecule has 268 valence electrons. The molecule has 0 aromatic carbocycles. The van der Waals surface area contributed by atoms with E-state index >= 15 is 0 Å². The molecule has 0 spiro atoms. The van der Waals surface area contributed by atoms with Crippen molar-refractivity contribution in [3.05, 3.63) is 0 Å². The maximum absolute atomic E-state index is 12.6. The third kappa shape index (κ3) is 27.0. The Morgan fingerprint density at radius 1 is 0.522 bits per heavy atom. The number of carbonyl (C=O) groups is 4. The van der Waals surface area contributed by atoms with Crippen molar-refractivity contribution in [2.75, 3.05) is 19.8 Å². The number of hydrogen-bond acceptors (Lipinski definition) is 7. The second kappa shape index (κ2) is 30.2. The summed E-state index contributed by atoms with van der Waals surface area (Å²) < 4.78 is 16.3. The minimum Gasteiger partial charge on any atom is -0.462 e. The number of nitrogens with one attached hydrogen (secondary N) is 1. The summed E-state index contributed by atoms with van der Waals surface area (Å²) in [6, 6.07) is 0. The van der Waals surface area contributed by atoms with E-state index in [0.717, 1.165) is 51.4 Å².